The van der Waals surface area contributed by atoms with E-state index in [1.54, 1.807) is 24.1 Å². The topological polar surface area (TPSA) is 52.6 Å². The highest BCUT2D eigenvalue weighted by Crippen LogP contribution is 2.29. The molecule has 0 unspecified atom stereocenters. The van der Waals surface area contributed by atoms with Gasteiger partial charge in [-0.25, -0.2) is 4.79 Å². The molecule has 2 rings (SSSR count). The van der Waals surface area contributed by atoms with Crippen LogP contribution in [0.4, 0.5) is 4.79 Å². The minimum absolute atomic E-state index is 0.0644. The van der Waals surface area contributed by atoms with Crippen LogP contribution in [-0.4, -0.2) is 40.1 Å². The van der Waals surface area contributed by atoms with Gasteiger partial charge < -0.3 is 15.3 Å². The fourth-order valence-corrected chi connectivity index (χ4v) is 3.86. The van der Waals surface area contributed by atoms with Gasteiger partial charge in [0.15, 0.2) is 0 Å². The third kappa shape index (κ3) is 4.56. The van der Waals surface area contributed by atoms with Gasteiger partial charge in [-0.15, -0.1) is 0 Å². The van der Waals surface area contributed by atoms with Gasteiger partial charge >= 0.3 is 6.03 Å². The van der Waals surface area contributed by atoms with Gasteiger partial charge in [0.2, 0.25) is 0 Å². The summed E-state index contributed by atoms with van der Waals surface area (Å²) in [5.41, 5.74) is 0.765. The molecule has 4 nitrogen and oxygen atoms in total. The number of phenols is 1. The van der Waals surface area contributed by atoms with E-state index in [2.05, 4.69) is 12.2 Å². The van der Waals surface area contributed by atoms with Crippen LogP contribution in [0.1, 0.15) is 31.7 Å². The first-order valence-electron chi connectivity index (χ1n) is 7.50. The smallest absolute Gasteiger partial charge is 0.317 e. The molecule has 1 aromatic carbocycles. The zero-order chi connectivity index (χ0) is 15.2. The van der Waals surface area contributed by atoms with Crippen molar-refractivity contribution >= 4 is 17.8 Å². The Balaban J connectivity index is 1.82. The second-order valence-electron chi connectivity index (χ2n) is 5.52. The van der Waals surface area contributed by atoms with Gasteiger partial charge in [0.05, 0.1) is 6.54 Å². The van der Waals surface area contributed by atoms with E-state index in [-0.39, 0.29) is 17.8 Å². The number of rotatable bonds is 5. The molecular formula is C16H24N2O2S. The number of benzene rings is 1. The van der Waals surface area contributed by atoms with Gasteiger partial charge in [0.1, 0.15) is 5.75 Å². The quantitative estimate of drug-likeness (QED) is 0.878. The first-order chi connectivity index (χ1) is 10.1. The van der Waals surface area contributed by atoms with E-state index in [9.17, 15) is 9.90 Å². The average Bonchev–Trinajstić information content (AvgIpc) is 2.89. The maximum absolute atomic E-state index is 12.2. The minimum Gasteiger partial charge on any atom is -0.508 e. The van der Waals surface area contributed by atoms with Gasteiger partial charge in [-0.05, 0) is 31.1 Å². The van der Waals surface area contributed by atoms with Gasteiger partial charge in [-0.3, -0.25) is 0 Å². The predicted octanol–water partition coefficient (Wildman–Crippen LogP) is 3.21. The molecule has 2 amide bonds. The lowest BCUT2D eigenvalue weighted by Crippen LogP contribution is -2.41. The van der Waals surface area contributed by atoms with Crippen molar-refractivity contribution in [2.24, 2.45) is 0 Å². The third-order valence-corrected chi connectivity index (χ3v) is 5.09. The molecule has 0 heterocycles. The Morgan fingerprint density at radius 2 is 2.19 bits per heavy atom. The largest absolute Gasteiger partial charge is 0.508 e. The highest BCUT2D eigenvalue weighted by molar-refractivity contribution is 7.99. The predicted molar refractivity (Wildman–Crippen MR) is 87.7 cm³/mol. The molecule has 5 heteroatoms. The van der Waals surface area contributed by atoms with Crippen LogP contribution in [-0.2, 0) is 6.54 Å². The van der Waals surface area contributed by atoms with Crippen molar-refractivity contribution in [3.05, 3.63) is 29.8 Å². The molecule has 116 valence electrons. The summed E-state index contributed by atoms with van der Waals surface area (Å²) in [6.07, 6.45) is 3.31. The van der Waals surface area contributed by atoms with Crippen molar-refractivity contribution in [3.8, 4) is 5.75 Å². The molecular weight excluding hydrogens is 284 g/mol. The zero-order valence-electron chi connectivity index (χ0n) is 12.7. The normalized spacial score (nSPS) is 21.2. The number of urea groups is 1. The lowest BCUT2D eigenvalue weighted by molar-refractivity contribution is 0.202. The second-order valence-corrected chi connectivity index (χ2v) is 7.10. The summed E-state index contributed by atoms with van der Waals surface area (Å²) >= 11 is 1.98. The van der Waals surface area contributed by atoms with E-state index in [0.29, 0.717) is 11.8 Å². The number of thioether (sulfide) groups is 1. The lowest BCUT2D eigenvalue weighted by atomic mass is 10.2. The Kier molecular flexibility index (Phi) is 5.79. The maximum atomic E-state index is 12.2. The molecule has 1 aliphatic rings. The fraction of sp³-hybridized carbons (Fsp3) is 0.562. The van der Waals surface area contributed by atoms with Gasteiger partial charge in [-0.2, -0.15) is 11.8 Å². The van der Waals surface area contributed by atoms with E-state index < -0.39 is 0 Å². The summed E-state index contributed by atoms with van der Waals surface area (Å²) in [5, 5.41) is 13.5. The van der Waals surface area contributed by atoms with Crippen LogP contribution in [0.3, 0.4) is 0 Å². The lowest BCUT2D eigenvalue weighted by Gasteiger charge is -2.21. The molecule has 1 fully saturated rings. The Labute approximate surface area is 130 Å². The number of nitrogens with zero attached hydrogens (tertiary/aromatic N) is 1. The van der Waals surface area contributed by atoms with E-state index in [1.807, 2.05) is 23.9 Å². The average molecular weight is 308 g/mol. The Morgan fingerprint density at radius 1 is 1.43 bits per heavy atom. The molecule has 2 atom stereocenters. The molecule has 0 bridgehead atoms. The molecule has 1 saturated carbocycles. The number of nitrogens with one attached hydrogen (secondary N) is 1. The molecule has 1 aromatic rings. The number of phenolic OH excluding ortho intramolecular Hbond substituents is 1. The standard InChI is InChI=1S/C16H24N2O2S/c1-3-21-14-9-8-13(10-14)17-16(20)18(2)11-12-6-4-5-7-15(12)19/h4-7,13-14,19H,3,8-11H2,1-2H3,(H,17,20)/t13-,14+/m1/s1. The van der Waals surface area contributed by atoms with Crippen LogP contribution >= 0.6 is 11.8 Å². The highest BCUT2D eigenvalue weighted by Gasteiger charge is 2.26. The highest BCUT2D eigenvalue weighted by atomic mass is 32.2. The second kappa shape index (κ2) is 7.59. The number of aromatic hydroxyl groups is 1. The van der Waals surface area contributed by atoms with Crippen molar-refractivity contribution in [1.29, 1.82) is 0 Å². The third-order valence-electron chi connectivity index (χ3n) is 3.86. The summed E-state index contributed by atoms with van der Waals surface area (Å²) in [7, 11) is 1.76. The van der Waals surface area contributed by atoms with Crippen LogP contribution in [0.5, 0.6) is 5.75 Å². The monoisotopic (exact) mass is 308 g/mol. The molecule has 0 spiro atoms. The molecule has 0 aromatic heterocycles. The Hall–Kier alpha value is -1.36. The molecule has 1 aliphatic carbocycles. The number of carbonyl (C=O) groups excluding carboxylic acids is 1. The number of hydrogen-bond acceptors (Lipinski definition) is 3. The summed E-state index contributed by atoms with van der Waals surface area (Å²) in [5.74, 6) is 1.37. The number of carbonyl (C=O) groups is 1. The maximum Gasteiger partial charge on any atom is 0.317 e. The van der Waals surface area contributed by atoms with Gasteiger partial charge in [0.25, 0.3) is 0 Å². The summed E-state index contributed by atoms with van der Waals surface area (Å²) in [4.78, 5) is 13.8. The first kappa shape index (κ1) is 16.0. The van der Waals surface area contributed by atoms with Crippen molar-refractivity contribution in [1.82, 2.24) is 10.2 Å². The van der Waals surface area contributed by atoms with Gasteiger partial charge in [0, 0.05) is 23.9 Å². The molecule has 0 aliphatic heterocycles. The van der Waals surface area contributed by atoms with Crippen molar-refractivity contribution < 1.29 is 9.90 Å². The molecule has 0 radical (unpaired) electrons. The summed E-state index contributed by atoms with van der Waals surface area (Å²) in [6.45, 7) is 2.59. The minimum atomic E-state index is -0.0644. The molecule has 2 N–H and O–H groups in total. The SMILES string of the molecule is CCS[C@H]1CC[C@@H](NC(=O)N(C)Cc2ccccc2O)C1. The van der Waals surface area contributed by atoms with Crippen LogP contribution in [0.15, 0.2) is 24.3 Å². The summed E-state index contributed by atoms with van der Waals surface area (Å²) in [6, 6.07) is 7.35. The Bertz CT molecular complexity index is 481. The molecule has 0 saturated heterocycles. The van der Waals surface area contributed by atoms with Crippen molar-refractivity contribution in [3.63, 3.8) is 0 Å². The Morgan fingerprint density at radius 3 is 2.90 bits per heavy atom. The van der Waals surface area contributed by atoms with Crippen LogP contribution in [0.2, 0.25) is 0 Å². The number of amides is 2. The van der Waals surface area contributed by atoms with E-state index in [1.165, 1.54) is 6.42 Å². The van der Waals surface area contributed by atoms with Crippen LogP contribution < -0.4 is 5.32 Å². The zero-order valence-corrected chi connectivity index (χ0v) is 13.5. The van der Waals surface area contributed by atoms with Gasteiger partial charge in [-0.1, -0.05) is 25.1 Å². The first-order valence-corrected chi connectivity index (χ1v) is 8.55. The molecule has 21 heavy (non-hydrogen) atoms. The van der Waals surface area contributed by atoms with Crippen LogP contribution in [0.25, 0.3) is 0 Å². The summed E-state index contributed by atoms with van der Waals surface area (Å²) < 4.78 is 0. The van der Waals surface area contributed by atoms with Crippen molar-refractivity contribution in [2.45, 2.75) is 44.0 Å². The van der Waals surface area contributed by atoms with E-state index in [4.69, 9.17) is 0 Å². The number of hydrogen-bond donors (Lipinski definition) is 2. The fourth-order valence-electron chi connectivity index (χ4n) is 2.71. The van der Waals surface area contributed by atoms with Crippen molar-refractivity contribution in [2.75, 3.05) is 12.8 Å². The number of para-hydroxylation sites is 1. The van der Waals surface area contributed by atoms with E-state index >= 15 is 0 Å². The van der Waals surface area contributed by atoms with Crippen LogP contribution in [0, 0.1) is 0 Å². The van der Waals surface area contributed by atoms with E-state index in [0.717, 1.165) is 24.2 Å².